The molecule has 2 fully saturated rings. The van der Waals surface area contributed by atoms with Crippen LogP contribution in [-0.4, -0.2) is 36.2 Å². The number of nitrogens with zero attached hydrogens (tertiary/aromatic N) is 1. The molecule has 2 heterocycles. The maximum Gasteiger partial charge on any atom is 0.223 e. The Balaban J connectivity index is 1.52. The average molecular weight is 309 g/mol. The minimum Gasteiger partial charge on any atom is -0.375 e. The number of hydrogen-bond donors (Lipinski definition) is 2. The molecule has 1 aliphatic carbocycles. The van der Waals surface area contributed by atoms with Gasteiger partial charge in [-0.2, -0.15) is 0 Å². The molecular weight excluding hydrogens is 286 g/mol. The van der Waals surface area contributed by atoms with Crippen LogP contribution >= 0.6 is 11.3 Å². The molecule has 1 saturated heterocycles. The molecule has 0 radical (unpaired) electrons. The predicted molar refractivity (Wildman–Crippen MR) is 82.3 cm³/mol. The van der Waals surface area contributed by atoms with Gasteiger partial charge in [-0.25, -0.2) is 4.98 Å². The zero-order valence-electron chi connectivity index (χ0n) is 12.6. The van der Waals surface area contributed by atoms with Crippen molar-refractivity contribution in [2.24, 2.45) is 5.92 Å². The van der Waals surface area contributed by atoms with Crippen molar-refractivity contribution in [1.29, 1.82) is 0 Å². The predicted octanol–water partition coefficient (Wildman–Crippen LogP) is 1.53. The Morgan fingerprint density at radius 1 is 1.48 bits per heavy atom. The van der Waals surface area contributed by atoms with Crippen molar-refractivity contribution in [3.05, 3.63) is 15.6 Å². The summed E-state index contributed by atoms with van der Waals surface area (Å²) in [7, 11) is 0. The highest BCUT2D eigenvalue weighted by molar-refractivity contribution is 7.11. The maximum absolute atomic E-state index is 12.4. The van der Waals surface area contributed by atoms with Crippen LogP contribution in [0.3, 0.4) is 0 Å². The third kappa shape index (κ3) is 3.44. The molecule has 0 spiro atoms. The van der Waals surface area contributed by atoms with E-state index in [4.69, 9.17) is 4.74 Å². The molecule has 1 aliphatic heterocycles. The van der Waals surface area contributed by atoms with Crippen molar-refractivity contribution in [2.45, 2.75) is 51.8 Å². The van der Waals surface area contributed by atoms with Crippen LogP contribution in [0.1, 0.15) is 34.8 Å². The van der Waals surface area contributed by atoms with Gasteiger partial charge in [0.15, 0.2) is 0 Å². The number of rotatable bonds is 3. The standard InChI is InChI=1S/C15H23N3O2S/c1-9-14(21-10(2)18-9)8-17-15(19)11-3-4-13-12(7-11)16-5-6-20-13/h11-13,16H,3-8H2,1-2H3,(H,17,19)/t11-,12+,13+/m0/s1. The highest BCUT2D eigenvalue weighted by Gasteiger charge is 2.35. The smallest absolute Gasteiger partial charge is 0.223 e. The van der Waals surface area contributed by atoms with Gasteiger partial charge in [0, 0.05) is 23.4 Å². The van der Waals surface area contributed by atoms with Crippen LogP contribution in [0, 0.1) is 19.8 Å². The van der Waals surface area contributed by atoms with E-state index in [0.717, 1.165) is 48.0 Å². The first kappa shape index (κ1) is 14.9. The Hall–Kier alpha value is -0.980. The van der Waals surface area contributed by atoms with E-state index in [-0.39, 0.29) is 11.8 Å². The summed E-state index contributed by atoms with van der Waals surface area (Å²) in [4.78, 5) is 17.9. The summed E-state index contributed by atoms with van der Waals surface area (Å²) in [6.45, 7) is 6.29. The van der Waals surface area contributed by atoms with Crippen LogP contribution < -0.4 is 10.6 Å². The second-order valence-corrected chi connectivity index (χ2v) is 7.23. The third-order valence-corrected chi connectivity index (χ3v) is 5.49. The molecule has 0 aromatic carbocycles. The fraction of sp³-hybridized carbons (Fsp3) is 0.733. The minimum atomic E-state index is 0.106. The number of aromatic nitrogens is 1. The second-order valence-electron chi connectivity index (χ2n) is 5.94. The number of nitrogens with one attached hydrogen (secondary N) is 2. The summed E-state index contributed by atoms with van der Waals surface area (Å²) >= 11 is 1.66. The molecule has 1 amide bonds. The fourth-order valence-electron chi connectivity index (χ4n) is 3.30. The Bertz CT molecular complexity index is 517. The van der Waals surface area contributed by atoms with Gasteiger partial charge in [-0.15, -0.1) is 11.3 Å². The summed E-state index contributed by atoms with van der Waals surface area (Å²) in [5.74, 6) is 0.279. The van der Waals surface area contributed by atoms with E-state index in [0.29, 0.717) is 18.7 Å². The van der Waals surface area contributed by atoms with Crippen molar-refractivity contribution in [3.8, 4) is 0 Å². The first-order valence-electron chi connectivity index (χ1n) is 7.69. The number of morpholine rings is 1. The Morgan fingerprint density at radius 2 is 2.33 bits per heavy atom. The van der Waals surface area contributed by atoms with E-state index in [2.05, 4.69) is 15.6 Å². The van der Waals surface area contributed by atoms with Crippen LogP contribution in [0.15, 0.2) is 0 Å². The van der Waals surface area contributed by atoms with Gasteiger partial charge in [-0.3, -0.25) is 4.79 Å². The van der Waals surface area contributed by atoms with Gasteiger partial charge < -0.3 is 15.4 Å². The van der Waals surface area contributed by atoms with E-state index in [1.807, 2.05) is 13.8 Å². The van der Waals surface area contributed by atoms with Crippen LogP contribution in [0.2, 0.25) is 0 Å². The van der Waals surface area contributed by atoms with Crippen LogP contribution in [0.25, 0.3) is 0 Å². The van der Waals surface area contributed by atoms with E-state index in [1.165, 1.54) is 0 Å². The largest absolute Gasteiger partial charge is 0.375 e. The number of ether oxygens (including phenoxy) is 1. The molecule has 3 rings (SSSR count). The molecule has 1 saturated carbocycles. The highest BCUT2D eigenvalue weighted by atomic mass is 32.1. The fourth-order valence-corrected chi connectivity index (χ4v) is 4.18. The number of thiazole rings is 1. The second kappa shape index (κ2) is 6.42. The van der Waals surface area contributed by atoms with E-state index in [9.17, 15) is 4.79 Å². The summed E-state index contributed by atoms with van der Waals surface area (Å²) in [6, 6.07) is 0.343. The maximum atomic E-state index is 12.4. The summed E-state index contributed by atoms with van der Waals surface area (Å²) in [5.41, 5.74) is 1.03. The number of fused-ring (bicyclic) bond motifs is 1. The van der Waals surface area contributed by atoms with Gasteiger partial charge in [0.1, 0.15) is 0 Å². The first-order valence-corrected chi connectivity index (χ1v) is 8.50. The lowest BCUT2D eigenvalue weighted by Gasteiger charge is -2.39. The van der Waals surface area contributed by atoms with E-state index >= 15 is 0 Å². The zero-order valence-corrected chi connectivity index (χ0v) is 13.5. The average Bonchev–Trinajstić information content (AvgIpc) is 2.82. The molecule has 6 heteroatoms. The lowest BCUT2D eigenvalue weighted by Crippen LogP contribution is -2.53. The van der Waals surface area contributed by atoms with Gasteiger partial charge in [-0.1, -0.05) is 0 Å². The third-order valence-electron chi connectivity index (χ3n) is 4.42. The van der Waals surface area contributed by atoms with Gasteiger partial charge in [0.05, 0.1) is 30.0 Å². The SMILES string of the molecule is Cc1nc(C)c(CNC(=O)[C@H]2CC[C@H]3OCCN[C@@H]3C2)s1. The summed E-state index contributed by atoms with van der Waals surface area (Å²) in [6.07, 6.45) is 3.09. The van der Waals surface area contributed by atoms with Crippen LogP contribution in [0.4, 0.5) is 0 Å². The van der Waals surface area contributed by atoms with Gasteiger partial charge in [0.2, 0.25) is 5.91 Å². The Morgan fingerprint density at radius 3 is 3.10 bits per heavy atom. The molecular formula is C15H23N3O2S. The summed E-state index contributed by atoms with van der Waals surface area (Å²) < 4.78 is 5.76. The molecule has 0 unspecified atom stereocenters. The number of amides is 1. The molecule has 21 heavy (non-hydrogen) atoms. The van der Waals surface area contributed by atoms with Gasteiger partial charge in [-0.05, 0) is 33.1 Å². The molecule has 5 nitrogen and oxygen atoms in total. The first-order chi connectivity index (χ1) is 10.1. The molecule has 1 aromatic heterocycles. The lowest BCUT2D eigenvalue weighted by atomic mass is 9.82. The van der Waals surface area contributed by atoms with Crippen molar-refractivity contribution >= 4 is 17.2 Å². The van der Waals surface area contributed by atoms with Crippen LogP contribution in [0.5, 0.6) is 0 Å². The highest BCUT2D eigenvalue weighted by Crippen LogP contribution is 2.28. The minimum absolute atomic E-state index is 0.106. The van der Waals surface area contributed by atoms with Crippen molar-refractivity contribution in [1.82, 2.24) is 15.6 Å². The van der Waals surface area contributed by atoms with Crippen molar-refractivity contribution in [2.75, 3.05) is 13.2 Å². The Labute approximate surface area is 129 Å². The molecule has 2 aliphatic rings. The van der Waals surface area contributed by atoms with Crippen molar-refractivity contribution < 1.29 is 9.53 Å². The molecule has 116 valence electrons. The number of hydrogen-bond acceptors (Lipinski definition) is 5. The number of aryl methyl sites for hydroxylation is 2. The molecule has 3 atom stereocenters. The number of carbonyl (C=O) groups is 1. The normalized spacial score (nSPS) is 29.0. The Kier molecular flexibility index (Phi) is 4.57. The van der Waals surface area contributed by atoms with E-state index in [1.54, 1.807) is 11.3 Å². The summed E-state index contributed by atoms with van der Waals surface area (Å²) in [5, 5.41) is 7.62. The molecule has 0 bridgehead atoms. The monoisotopic (exact) mass is 309 g/mol. The van der Waals surface area contributed by atoms with Gasteiger partial charge in [0.25, 0.3) is 0 Å². The molecule has 1 aromatic rings. The van der Waals surface area contributed by atoms with Gasteiger partial charge >= 0.3 is 0 Å². The quantitative estimate of drug-likeness (QED) is 0.889. The lowest BCUT2D eigenvalue weighted by molar-refractivity contribution is -0.128. The van der Waals surface area contributed by atoms with Crippen LogP contribution in [-0.2, 0) is 16.1 Å². The van der Waals surface area contributed by atoms with Crippen molar-refractivity contribution in [3.63, 3.8) is 0 Å². The topological polar surface area (TPSA) is 63.2 Å². The molecule has 2 N–H and O–H groups in total. The number of carbonyl (C=O) groups excluding carboxylic acids is 1. The van der Waals surface area contributed by atoms with E-state index < -0.39 is 0 Å². The zero-order chi connectivity index (χ0) is 14.8.